The Hall–Kier alpha value is -0.0800. The van der Waals surface area contributed by atoms with E-state index in [4.69, 9.17) is 0 Å². The fraction of sp³-hybridized carbons (Fsp3) is 1.00. The van der Waals surface area contributed by atoms with E-state index in [1.165, 1.54) is 83.5 Å². The van der Waals surface area contributed by atoms with Crippen LogP contribution in [-0.4, -0.2) is 25.3 Å². The normalized spacial score (nSPS) is 16.6. The molecule has 0 aromatic rings. The van der Waals surface area contributed by atoms with Crippen molar-refractivity contribution in [3.05, 3.63) is 5.21 Å². The molecule has 0 amide bonds. The summed E-state index contributed by atoms with van der Waals surface area (Å²) in [5.74, 6) is 4.26. The second-order valence-corrected chi connectivity index (χ2v) is 12.0. The molecule has 0 aromatic heterocycles. The predicted molar refractivity (Wildman–Crippen MR) is 136 cm³/mol. The highest BCUT2D eigenvalue weighted by Crippen LogP contribution is 2.23. The van der Waals surface area contributed by atoms with Crippen molar-refractivity contribution >= 4 is 0 Å². The molecule has 4 unspecified atom stereocenters. The number of nitrogens with zero attached hydrogens (tertiary/aromatic N) is 1. The molecule has 0 saturated heterocycles. The molecular formula is C28H59NO. The molecule has 0 aliphatic heterocycles. The van der Waals surface area contributed by atoms with Crippen LogP contribution in [-0.2, 0) is 0 Å². The third-order valence-corrected chi connectivity index (χ3v) is 7.07. The fourth-order valence-corrected chi connectivity index (χ4v) is 4.60. The quantitative estimate of drug-likeness (QED) is 0.108. The molecule has 30 heavy (non-hydrogen) atoms. The first-order chi connectivity index (χ1) is 14.0. The molecule has 0 fully saturated rings. The smallest absolute Gasteiger partial charge is 0.0782 e. The minimum Gasteiger partial charge on any atom is -0.633 e. The highest BCUT2D eigenvalue weighted by Gasteiger charge is 2.10. The Morgan fingerprint density at radius 3 is 1.10 bits per heavy atom. The van der Waals surface area contributed by atoms with E-state index < -0.39 is 0 Å². The minimum atomic E-state index is -0.142. The van der Waals surface area contributed by atoms with Crippen molar-refractivity contribution in [1.29, 1.82) is 0 Å². The molecule has 0 rings (SSSR count). The van der Waals surface area contributed by atoms with Gasteiger partial charge < -0.3 is 9.85 Å². The van der Waals surface area contributed by atoms with Crippen molar-refractivity contribution in [3.8, 4) is 0 Å². The topological polar surface area (TPSA) is 23.1 Å². The molecule has 0 aromatic carbocycles. The molecule has 2 heteroatoms. The predicted octanol–water partition coefficient (Wildman–Crippen LogP) is 9.22. The van der Waals surface area contributed by atoms with E-state index in [0.29, 0.717) is 5.92 Å². The molecular weight excluding hydrogens is 366 g/mol. The van der Waals surface area contributed by atoms with Gasteiger partial charge in [-0.2, -0.15) is 0 Å². The van der Waals surface area contributed by atoms with Crippen LogP contribution in [0.1, 0.15) is 131 Å². The van der Waals surface area contributed by atoms with Gasteiger partial charge in [0.25, 0.3) is 0 Å². The highest BCUT2D eigenvalue weighted by atomic mass is 16.5. The molecule has 0 N–H and O–H groups in total. The Bertz CT molecular complexity index is 373. The molecule has 182 valence electrons. The van der Waals surface area contributed by atoms with Gasteiger partial charge in [0.2, 0.25) is 0 Å². The average molecular weight is 426 g/mol. The third-order valence-electron chi connectivity index (χ3n) is 7.07. The molecule has 0 radical (unpaired) electrons. The molecule has 0 bridgehead atoms. The van der Waals surface area contributed by atoms with Crippen LogP contribution in [0.15, 0.2) is 0 Å². The molecule has 4 atom stereocenters. The number of rotatable bonds is 20. The van der Waals surface area contributed by atoms with Gasteiger partial charge in [-0.3, -0.25) is 0 Å². The Morgan fingerprint density at radius 2 is 0.767 bits per heavy atom. The number of hydrogen-bond donors (Lipinski definition) is 0. The van der Waals surface area contributed by atoms with Gasteiger partial charge in [-0.25, -0.2) is 0 Å². The van der Waals surface area contributed by atoms with Crippen molar-refractivity contribution in [2.24, 2.45) is 29.6 Å². The summed E-state index contributed by atoms with van der Waals surface area (Å²) in [6, 6.07) is 0. The third kappa shape index (κ3) is 21.2. The largest absolute Gasteiger partial charge is 0.633 e. The summed E-state index contributed by atoms with van der Waals surface area (Å²) in [6.45, 7) is 15.1. The molecule has 0 spiro atoms. The van der Waals surface area contributed by atoms with E-state index in [2.05, 4.69) is 41.5 Å². The number of hydroxylamine groups is 3. The second kappa shape index (κ2) is 17.5. The van der Waals surface area contributed by atoms with Crippen molar-refractivity contribution in [2.45, 2.75) is 131 Å². The zero-order valence-corrected chi connectivity index (χ0v) is 22.3. The number of hydrogen-bond acceptors (Lipinski definition) is 1. The number of unbranched alkanes of at least 4 members (excludes halogenated alkanes) is 1. The second-order valence-electron chi connectivity index (χ2n) is 12.0. The van der Waals surface area contributed by atoms with Crippen molar-refractivity contribution < 1.29 is 4.65 Å². The maximum absolute atomic E-state index is 11.7. The van der Waals surface area contributed by atoms with Gasteiger partial charge in [0.15, 0.2) is 0 Å². The van der Waals surface area contributed by atoms with Crippen molar-refractivity contribution in [2.75, 3.05) is 20.6 Å². The van der Waals surface area contributed by atoms with E-state index in [9.17, 15) is 5.21 Å². The van der Waals surface area contributed by atoms with E-state index in [1.807, 2.05) is 0 Å². The van der Waals surface area contributed by atoms with Crippen LogP contribution in [0.5, 0.6) is 0 Å². The monoisotopic (exact) mass is 425 g/mol. The van der Waals surface area contributed by atoms with Crippen LogP contribution in [0.4, 0.5) is 0 Å². The SMILES string of the molecule is CC(C)CCCC(C)CCCC(C)CCCCC(C)CCCC(C)CC[N+](C)(C)[O-]. The maximum Gasteiger partial charge on any atom is 0.0782 e. The van der Waals surface area contributed by atoms with Gasteiger partial charge in [0.05, 0.1) is 20.6 Å². The van der Waals surface area contributed by atoms with Gasteiger partial charge in [-0.1, -0.05) is 125 Å². The van der Waals surface area contributed by atoms with Gasteiger partial charge in [0, 0.05) is 0 Å². The Balaban J connectivity index is 3.58. The average Bonchev–Trinajstić information content (AvgIpc) is 2.62. The summed E-state index contributed by atoms with van der Waals surface area (Å²) in [5, 5.41) is 11.7. The number of quaternary nitrogens is 1. The summed E-state index contributed by atoms with van der Waals surface area (Å²) >= 11 is 0. The van der Waals surface area contributed by atoms with Crippen LogP contribution in [0.3, 0.4) is 0 Å². The van der Waals surface area contributed by atoms with Gasteiger partial charge in [0.1, 0.15) is 0 Å². The lowest BCUT2D eigenvalue weighted by atomic mass is 9.90. The van der Waals surface area contributed by atoms with Gasteiger partial charge in [-0.05, 0) is 36.0 Å². The van der Waals surface area contributed by atoms with Gasteiger partial charge >= 0.3 is 0 Å². The van der Waals surface area contributed by atoms with Crippen molar-refractivity contribution in [3.63, 3.8) is 0 Å². The van der Waals surface area contributed by atoms with Crippen LogP contribution < -0.4 is 0 Å². The van der Waals surface area contributed by atoms with E-state index in [0.717, 1.165) is 36.6 Å². The summed E-state index contributed by atoms with van der Waals surface area (Å²) < 4.78 is -0.142. The molecule has 0 aliphatic rings. The summed E-state index contributed by atoms with van der Waals surface area (Å²) in [7, 11) is 3.51. The van der Waals surface area contributed by atoms with Gasteiger partial charge in [-0.15, -0.1) is 0 Å². The summed E-state index contributed by atoms with van der Waals surface area (Å²) in [5.41, 5.74) is 0. The zero-order valence-electron chi connectivity index (χ0n) is 22.3. The first-order valence-corrected chi connectivity index (χ1v) is 13.5. The Labute approximate surface area is 191 Å². The van der Waals surface area contributed by atoms with E-state index in [-0.39, 0.29) is 4.65 Å². The Morgan fingerprint density at radius 1 is 0.467 bits per heavy atom. The standard InChI is InChI=1S/C28H59NO/c1-24(2)14-11-17-27(5)20-12-18-25(3)15-9-10-16-26(4)19-13-21-28(6)22-23-29(7,8)30/h24-28H,9-23H2,1-8H3. The summed E-state index contributed by atoms with van der Waals surface area (Å²) in [4.78, 5) is 0. The van der Waals surface area contributed by atoms with Crippen LogP contribution in [0.25, 0.3) is 0 Å². The molecule has 0 heterocycles. The molecule has 0 aliphatic carbocycles. The fourth-order valence-electron chi connectivity index (χ4n) is 4.60. The van der Waals surface area contributed by atoms with Crippen molar-refractivity contribution in [1.82, 2.24) is 0 Å². The summed E-state index contributed by atoms with van der Waals surface area (Å²) in [6.07, 6.45) is 19.3. The van der Waals surface area contributed by atoms with E-state index >= 15 is 0 Å². The highest BCUT2D eigenvalue weighted by molar-refractivity contribution is 4.62. The van der Waals surface area contributed by atoms with Crippen LogP contribution in [0.2, 0.25) is 0 Å². The van der Waals surface area contributed by atoms with Crippen LogP contribution in [0, 0.1) is 34.8 Å². The minimum absolute atomic E-state index is 0.142. The molecule has 0 saturated carbocycles. The Kier molecular flexibility index (Phi) is 17.4. The first kappa shape index (κ1) is 29.9. The lowest BCUT2D eigenvalue weighted by Gasteiger charge is -2.34. The lowest BCUT2D eigenvalue weighted by molar-refractivity contribution is -0.840. The lowest BCUT2D eigenvalue weighted by Crippen LogP contribution is -2.33. The first-order valence-electron chi connectivity index (χ1n) is 13.5. The van der Waals surface area contributed by atoms with Crippen LogP contribution >= 0.6 is 0 Å². The maximum atomic E-state index is 11.7. The molecule has 2 nitrogen and oxygen atoms in total. The zero-order chi connectivity index (χ0) is 23.0. The van der Waals surface area contributed by atoms with E-state index in [1.54, 1.807) is 14.1 Å².